The molecule has 0 unspecified atom stereocenters. The Morgan fingerprint density at radius 2 is 2.00 bits per heavy atom. The summed E-state index contributed by atoms with van der Waals surface area (Å²) in [5, 5.41) is 6.34. The van der Waals surface area contributed by atoms with Crippen LogP contribution in [0.15, 0.2) is 42.0 Å². The van der Waals surface area contributed by atoms with Crippen molar-refractivity contribution < 1.29 is 19.1 Å². The second-order valence-corrected chi connectivity index (χ2v) is 6.26. The van der Waals surface area contributed by atoms with Crippen molar-refractivity contribution in [3.8, 4) is 16.3 Å². The van der Waals surface area contributed by atoms with Gasteiger partial charge in [-0.1, -0.05) is 0 Å². The maximum Gasteiger partial charge on any atom is 0.358 e. The molecule has 3 aromatic rings. The first-order valence-electron chi connectivity index (χ1n) is 7.94. The average molecular weight is 371 g/mol. The molecule has 0 bridgehead atoms. The number of ketones is 1. The molecule has 0 atom stereocenters. The molecule has 2 aromatic heterocycles. The second kappa shape index (κ2) is 7.92. The molecule has 134 valence electrons. The molecule has 3 rings (SSSR count). The number of thiazole rings is 1. The van der Waals surface area contributed by atoms with E-state index in [4.69, 9.17) is 9.47 Å². The Morgan fingerprint density at radius 1 is 1.23 bits per heavy atom. The van der Waals surface area contributed by atoms with Gasteiger partial charge in [0.2, 0.25) is 0 Å². The number of Topliss-reactive ketones (excluding diaryl/α,β-unsaturated/α-hetero) is 1. The van der Waals surface area contributed by atoms with Crippen molar-refractivity contribution in [3.05, 3.63) is 53.3 Å². The highest BCUT2D eigenvalue weighted by atomic mass is 32.1. The number of aryl methyl sites for hydroxylation is 1. The molecular formula is C18H17N3O4S. The number of benzene rings is 1. The molecule has 26 heavy (non-hydrogen) atoms. The van der Waals surface area contributed by atoms with Crippen LogP contribution >= 0.6 is 11.3 Å². The van der Waals surface area contributed by atoms with Crippen LogP contribution in [0.3, 0.4) is 0 Å². The molecule has 1 aromatic carbocycles. The molecule has 0 amide bonds. The molecule has 0 N–H and O–H groups in total. The van der Waals surface area contributed by atoms with E-state index in [1.54, 1.807) is 47.6 Å². The number of rotatable bonds is 7. The Kier molecular flexibility index (Phi) is 5.43. The van der Waals surface area contributed by atoms with Crippen LogP contribution in [-0.2, 0) is 11.8 Å². The summed E-state index contributed by atoms with van der Waals surface area (Å²) in [6, 6.07) is 6.70. The number of carbonyl (C=O) groups excluding carboxylic acids is 2. The Bertz CT molecular complexity index is 915. The van der Waals surface area contributed by atoms with Crippen LogP contribution in [-0.4, -0.2) is 39.7 Å². The maximum absolute atomic E-state index is 12.1. The van der Waals surface area contributed by atoms with Crippen molar-refractivity contribution in [1.29, 1.82) is 0 Å². The minimum absolute atomic E-state index is 0.174. The van der Waals surface area contributed by atoms with Crippen molar-refractivity contribution >= 4 is 23.1 Å². The monoisotopic (exact) mass is 371 g/mol. The third kappa shape index (κ3) is 4.15. The van der Waals surface area contributed by atoms with Crippen molar-refractivity contribution in [2.75, 3.05) is 13.2 Å². The van der Waals surface area contributed by atoms with E-state index >= 15 is 0 Å². The smallest absolute Gasteiger partial charge is 0.358 e. The Morgan fingerprint density at radius 3 is 2.65 bits per heavy atom. The van der Waals surface area contributed by atoms with Crippen LogP contribution in [0.1, 0.15) is 27.8 Å². The van der Waals surface area contributed by atoms with E-state index in [-0.39, 0.29) is 18.1 Å². The first-order chi connectivity index (χ1) is 12.6. The molecule has 8 heteroatoms. The normalized spacial score (nSPS) is 10.5. The number of ether oxygens (including phenoxy) is 2. The van der Waals surface area contributed by atoms with Crippen molar-refractivity contribution in [1.82, 2.24) is 14.8 Å². The average Bonchev–Trinajstić information content (AvgIpc) is 3.29. The first-order valence-corrected chi connectivity index (χ1v) is 8.82. The number of hydrogen-bond acceptors (Lipinski definition) is 7. The minimum atomic E-state index is -0.629. The van der Waals surface area contributed by atoms with Crippen LogP contribution in [0.25, 0.3) is 10.6 Å². The van der Waals surface area contributed by atoms with Gasteiger partial charge in [0.05, 0.1) is 12.8 Å². The fourth-order valence-electron chi connectivity index (χ4n) is 2.22. The molecule has 7 nitrogen and oxygen atoms in total. The second-order valence-electron chi connectivity index (χ2n) is 5.40. The van der Waals surface area contributed by atoms with Crippen molar-refractivity contribution in [2.24, 2.45) is 7.05 Å². The van der Waals surface area contributed by atoms with E-state index in [1.807, 2.05) is 13.1 Å². The molecule has 0 radical (unpaired) electrons. The van der Waals surface area contributed by atoms with E-state index in [0.29, 0.717) is 22.9 Å². The summed E-state index contributed by atoms with van der Waals surface area (Å²) in [4.78, 5) is 28.5. The van der Waals surface area contributed by atoms with E-state index in [1.165, 1.54) is 11.3 Å². The lowest BCUT2D eigenvalue weighted by Gasteiger charge is -2.05. The van der Waals surface area contributed by atoms with Crippen LogP contribution in [0, 0.1) is 0 Å². The summed E-state index contributed by atoms with van der Waals surface area (Å²) in [6.07, 6.45) is 3.48. The molecule has 0 saturated carbocycles. The molecular weight excluding hydrogens is 354 g/mol. The summed E-state index contributed by atoms with van der Waals surface area (Å²) < 4.78 is 12.1. The van der Waals surface area contributed by atoms with Gasteiger partial charge in [0, 0.05) is 29.8 Å². The number of aromatic nitrogens is 3. The van der Waals surface area contributed by atoms with E-state index in [9.17, 15) is 9.59 Å². The highest BCUT2D eigenvalue weighted by Gasteiger charge is 2.16. The van der Waals surface area contributed by atoms with Gasteiger partial charge in [0.25, 0.3) is 0 Å². The molecule has 0 aliphatic carbocycles. The number of esters is 1. The molecule has 0 spiro atoms. The SMILES string of the molecule is CCOc1ccc(C(=O)COC(=O)c2csc(-c3cnn(C)c3)n2)cc1. The van der Waals surface area contributed by atoms with Crippen molar-refractivity contribution in [3.63, 3.8) is 0 Å². The summed E-state index contributed by atoms with van der Waals surface area (Å²) in [6.45, 7) is 2.10. The minimum Gasteiger partial charge on any atom is -0.494 e. The Labute approximate surface area is 154 Å². The molecule has 0 aliphatic rings. The molecule has 0 saturated heterocycles. The zero-order chi connectivity index (χ0) is 18.5. The predicted octanol–water partition coefficient (Wildman–Crippen LogP) is 2.98. The molecule has 0 aliphatic heterocycles. The lowest BCUT2D eigenvalue weighted by atomic mass is 10.1. The van der Waals surface area contributed by atoms with Crippen LogP contribution in [0.5, 0.6) is 5.75 Å². The van der Waals surface area contributed by atoms with Gasteiger partial charge in [-0.05, 0) is 31.2 Å². The summed E-state index contributed by atoms with van der Waals surface area (Å²) in [7, 11) is 1.80. The number of carbonyl (C=O) groups is 2. The number of nitrogens with zero attached hydrogens (tertiary/aromatic N) is 3. The zero-order valence-corrected chi connectivity index (χ0v) is 15.2. The van der Waals surface area contributed by atoms with Gasteiger partial charge < -0.3 is 9.47 Å². The summed E-state index contributed by atoms with van der Waals surface area (Å²) >= 11 is 1.32. The highest BCUT2D eigenvalue weighted by molar-refractivity contribution is 7.13. The van der Waals surface area contributed by atoms with E-state index in [2.05, 4.69) is 10.1 Å². The first kappa shape index (κ1) is 17.8. The highest BCUT2D eigenvalue weighted by Crippen LogP contribution is 2.23. The fraction of sp³-hybridized carbons (Fsp3) is 0.222. The summed E-state index contributed by atoms with van der Waals surface area (Å²) in [5.41, 5.74) is 1.45. The maximum atomic E-state index is 12.1. The predicted molar refractivity (Wildman–Crippen MR) is 96.5 cm³/mol. The van der Waals surface area contributed by atoms with Gasteiger partial charge >= 0.3 is 5.97 Å². The fourth-order valence-corrected chi connectivity index (χ4v) is 2.99. The van der Waals surface area contributed by atoms with Gasteiger partial charge in [-0.25, -0.2) is 9.78 Å². The topological polar surface area (TPSA) is 83.3 Å². The number of hydrogen-bond donors (Lipinski definition) is 0. The van der Waals surface area contributed by atoms with Gasteiger partial charge in [0.1, 0.15) is 10.8 Å². The lowest BCUT2D eigenvalue weighted by molar-refractivity contribution is 0.0470. The molecule has 2 heterocycles. The summed E-state index contributed by atoms with van der Waals surface area (Å²) in [5.74, 6) is -0.230. The third-order valence-corrected chi connectivity index (χ3v) is 4.38. The van der Waals surface area contributed by atoms with Crippen LogP contribution < -0.4 is 4.74 Å². The van der Waals surface area contributed by atoms with Gasteiger partial charge in [-0.3, -0.25) is 9.48 Å². The Hall–Kier alpha value is -3.00. The van der Waals surface area contributed by atoms with Crippen LogP contribution in [0.4, 0.5) is 0 Å². The van der Waals surface area contributed by atoms with E-state index < -0.39 is 5.97 Å². The molecule has 0 fully saturated rings. The largest absolute Gasteiger partial charge is 0.494 e. The zero-order valence-electron chi connectivity index (χ0n) is 14.3. The Balaban J connectivity index is 1.58. The van der Waals surface area contributed by atoms with E-state index in [0.717, 1.165) is 5.56 Å². The van der Waals surface area contributed by atoms with Gasteiger partial charge in [0.15, 0.2) is 18.1 Å². The quantitative estimate of drug-likeness (QED) is 0.469. The third-order valence-electron chi connectivity index (χ3n) is 3.49. The van der Waals surface area contributed by atoms with Crippen LogP contribution in [0.2, 0.25) is 0 Å². The lowest BCUT2D eigenvalue weighted by Crippen LogP contribution is -2.14. The standard InChI is InChI=1S/C18H17N3O4S/c1-3-24-14-6-4-12(5-7-14)16(22)10-25-18(23)15-11-26-17(20-15)13-8-19-21(2)9-13/h4-9,11H,3,10H2,1-2H3. The van der Waals surface area contributed by atoms with Crippen molar-refractivity contribution in [2.45, 2.75) is 6.92 Å². The van der Waals surface area contributed by atoms with Gasteiger partial charge in [-0.15, -0.1) is 11.3 Å². The van der Waals surface area contributed by atoms with Gasteiger partial charge in [-0.2, -0.15) is 5.10 Å².